The zero-order valence-electron chi connectivity index (χ0n) is 7.67. The fraction of sp³-hybridized carbons (Fsp3) is 0.222. The second-order valence-corrected chi connectivity index (χ2v) is 2.91. The molecule has 0 amide bonds. The van der Waals surface area contributed by atoms with Crippen molar-refractivity contribution in [3.63, 3.8) is 0 Å². The van der Waals surface area contributed by atoms with Crippen molar-refractivity contribution in [2.45, 2.75) is 13.1 Å². The molecule has 0 unspecified atom stereocenters. The lowest BCUT2D eigenvalue weighted by atomic mass is 10.3. The Hall–Kier alpha value is -1.75. The molecule has 2 N–H and O–H groups in total. The van der Waals surface area contributed by atoms with Crippen molar-refractivity contribution in [2.75, 3.05) is 0 Å². The molecule has 0 saturated heterocycles. The number of aromatic nitrogens is 4. The minimum atomic E-state index is 0.444. The molecule has 0 bridgehead atoms. The molecule has 0 aliphatic rings. The minimum absolute atomic E-state index is 0.444. The van der Waals surface area contributed by atoms with Crippen LogP contribution in [0.5, 0.6) is 0 Å². The second-order valence-electron chi connectivity index (χ2n) is 2.91. The van der Waals surface area contributed by atoms with Crippen molar-refractivity contribution in [1.29, 1.82) is 0 Å². The van der Waals surface area contributed by atoms with Crippen molar-refractivity contribution < 1.29 is 0 Å². The Morgan fingerprint density at radius 3 is 3.00 bits per heavy atom. The van der Waals surface area contributed by atoms with Crippen LogP contribution in [0, 0.1) is 0 Å². The smallest absolute Gasteiger partial charge is 0.0852 e. The van der Waals surface area contributed by atoms with E-state index in [1.165, 1.54) is 0 Å². The van der Waals surface area contributed by atoms with E-state index in [1.807, 2.05) is 18.2 Å². The summed E-state index contributed by atoms with van der Waals surface area (Å²) in [5.74, 6) is 0. The van der Waals surface area contributed by atoms with E-state index < -0.39 is 0 Å². The molecule has 5 nitrogen and oxygen atoms in total. The highest BCUT2D eigenvalue weighted by atomic mass is 15.4. The first kappa shape index (κ1) is 8.83. The fourth-order valence-electron chi connectivity index (χ4n) is 1.22. The van der Waals surface area contributed by atoms with Gasteiger partial charge in [0.2, 0.25) is 0 Å². The summed E-state index contributed by atoms with van der Waals surface area (Å²) in [6.45, 7) is 1.06. The van der Waals surface area contributed by atoms with Crippen LogP contribution in [0.2, 0.25) is 0 Å². The lowest BCUT2D eigenvalue weighted by Gasteiger charge is -2.02. The van der Waals surface area contributed by atoms with Gasteiger partial charge in [0, 0.05) is 12.7 Å². The summed E-state index contributed by atoms with van der Waals surface area (Å²) >= 11 is 0. The first-order valence-corrected chi connectivity index (χ1v) is 4.37. The van der Waals surface area contributed by atoms with Crippen molar-refractivity contribution in [3.8, 4) is 0 Å². The average Bonchev–Trinajstić information content (AvgIpc) is 2.67. The molecule has 0 radical (unpaired) electrons. The Morgan fingerprint density at radius 2 is 2.29 bits per heavy atom. The van der Waals surface area contributed by atoms with Crippen molar-refractivity contribution in [1.82, 2.24) is 20.0 Å². The summed E-state index contributed by atoms with van der Waals surface area (Å²) in [6, 6.07) is 5.78. The zero-order valence-corrected chi connectivity index (χ0v) is 7.67. The molecule has 0 aliphatic heterocycles. The van der Waals surface area contributed by atoms with Crippen LogP contribution in [-0.2, 0) is 13.1 Å². The summed E-state index contributed by atoms with van der Waals surface area (Å²) < 4.78 is 1.75. The van der Waals surface area contributed by atoms with Gasteiger partial charge < -0.3 is 5.73 Å². The van der Waals surface area contributed by atoms with Gasteiger partial charge in [-0.2, -0.15) is 0 Å². The maximum atomic E-state index is 5.53. The monoisotopic (exact) mass is 189 g/mol. The highest BCUT2D eigenvalue weighted by molar-refractivity contribution is 5.05. The van der Waals surface area contributed by atoms with E-state index in [1.54, 1.807) is 17.1 Å². The molecule has 2 aromatic rings. The number of hydrogen-bond donors (Lipinski definition) is 1. The molecule has 0 spiro atoms. The predicted molar refractivity (Wildman–Crippen MR) is 51.3 cm³/mol. The van der Waals surface area contributed by atoms with Crippen LogP contribution in [0.1, 0.15) is 11.4 Å². The predicted octanol–water partition coefficient (Wildman–Crippen LogP) is 0.180. The van der Waals surface area contributed by atoms with E-state index in [-0.39, 0.29) is 0 Å². The van der Waals surface area contributed by atoms with E-state index in [2.05, 4.69) is 15.3 Å². The molecule has 0 aromatic carbocycles. The first-order valence-electron chi connectivity index (χ1n) is 4.37. The number of nitrogens with two attached hydrogens (primary N) is 1. The minimum Gasteiger partial charge on any atom is -0.325 e. The van der Waals surface area contributed by atoms with Gasteiger partial charge in [0.05, 0.1) is 24.1 Å². The molecular weight excluding hydrogens is 178 g/mol. The maximum Gasteiger partial charge on any atom is 0.0852 e. The fourth-order valence-corrected chi connectivity index (χ4v) is 1.22. The van der Waals surface area contributed by atoms with Gasteiger partial charge in [-0.25, -0.2) is 4.68 Å². The van der Waals surface area contributed by atoms with E-state index in [4.69, 9.17) is 5.73 Å². The molecule has 0 saturated carbocycles. The Labute approximate surface area is 81.6 Å². The van der Waals surface area contributed by atoms with Crippen LogP contribution >= 0.6 is 0 Å². The van der Waals surface area contributed by atoms with Crippen LogP contribution in [0.25, 0.3) is 0 Å². The molecule has 0 fully saturated rings. The Balaban J connectivity index is 2.19. The standard InChI is InChI=1S/C9H11N5/c10-5-9-6-12-13-14(9)7-8-3-1-2-4-11-8/h1-4,6H,5,7,10H2. The third-order valence-corrected chi connectivity index (χ3v) is 1.94. The molecule has 0 aliphatic carbocycles. The lowest BCUT2D eigenvalue weighted by Crippen LogP contribution is -2.10. The Kier molecular flexibility index (Phi) is 2.51. The van der Waals surface area contributed by atoms with E-state index >= 15 is 0 Å². The van der Waals surface area contributed by atoms with Crippen molar-refractivity contribution in [3.05, 3.63) is 42.0 Å². The molecule has 72 valence electrons. The van der Waals surface area contributed by atoms with Crippen LogP contribution in [0.3, 0.4) is 0 Å². The van der Waals surface area contributed by atoms with Crippen LogP contribution in [-0.4, -0.2) is 20.0 Å². The first-order chi connectivity index (χ1) is 6.90. The highest BCUT2D eigenvalue weighted by Crippen LogP contribution is 2.00. The third-order valence-electron chi connectivity index (χ3n) is 1.94. The van der Waals surface area contributed by atoms with Gasteiger partial charge >= 0.3 is 0 Å². The maximum absolute atomic E-state index is 5.53. The van der Waals surface area contributed by atoms with Gasteiger partial charge in [-0.15, -0.1) is 5.10 Å². The Morgan fingerprint density at radius 1 is 1.36 bits per heavy atom. The SMILES string of the molecule is NCc1cnnn1Cc1ccccn1. The van der Waals surface area contributed by atoms with Gasteiger partial charge in [-0.05, 0) is 12.1 Å². The normalized spacial score (nSPS) is 10.4. The summed E-state index contributed by atoms with van der Waals surface area (Å²) in [4.78, 5) is 4.20. The molecular formula is C9H11N5. The molecule has 14 heavy (non-hydrogen) atoms. The van der Waals surface area contributed by atoms with Gasteiger partial charge in [0.15, 0.2) is 0 Å². The summed E-state index contributed by atoms with van der Waals surface area (Å²) in [6.07, 6.45) is 3.43. The van der Waals surface area contributed by atoms with Gasteiger partial charge in [-0.3, -0.25) is 4.98 Å². The second kappa shape index (κ2) is 3.97. The molecule has 5 heteroatoms. The van der Waals surface area contributed by atoms with Crippen molar-refractivity contribution in [2.24, 2.45) is 5.73 Å². The average molecular weight is 189 g/mol. The number of pyridine rings is 1. The lowest BCUT2D eigenvalue weighted by molar-refractivity contribution is 0.610. The molecule has 2 heterocycles. The summed E-state index contributed by atoms with van der Waals surface area (Å²) in [7, 11) is 0. The van der Waals surface area contributed by atoms with Gasteiger partial charge in [0.1, 0.15) is 0 Å². The zero-order chi connectivity index (χ0) is 9.80. The highest BCUT2D eigenvalue weighted by Gasteiger charge is 2.02. The largest absolute Gasteiger partial charge is 0.325 e. The molecule has 2 aromatic heterocycles. The number of nitrogens with zero attached hydrogens (tertiary/aromatic N) is 4. The quantitative estimate of drug-likeness (QED) is 0.747. The van der Waals surface area contributed by atoms with Crippen molar-refractivity contribution >= 4 is 0 Å². The van der Waals surface area contributed by atoms with E-state index in [9.17, 15) is 0 Å². The van der Waals surface area contributed by atoms with Crippen LogP contribution < -0.4 is 5.73 Å². The summed E-state index contributed by atoms with van der Waals surface area (Å²) in [5, 5.41) is 7.72. The molecule has 0 atom stereocenters. The van der Waals surface area contributed by atoms with Gasteiger partial charge in [0.25, 0.3) is 0 Å². The molecule has 2 rings (SSSR count). The summed E-state index contributed by atoms with van der Waals surface area (Å²) in [5.41, 5.74) is 7.39. The Bertz CT molecular complexity index is 395. The van der Waals surface area contributed by atoms with Gasteiger partial charge in [-0.1, -0.05) is 11.3 Å². The van der Waals surface area contributed by atoms with Crippen LogP contribution in [0.4, 0.5) is 0 Å². The van der Waals surface area contributed by atoms with E-state index in [0.29, 0.717) is 13.1 Å². The van der Waals surface area contributed by atoms with E-state index in [0.717, 1.165) is 11.4 Å². The van der Waals surface area contributed by atoms with Crippen LogP contribution in [0.15, 0.2) is 30.6 Å². The third kappa shape index (κ3) is 1.77. The topological polar surface area (TPSA) is 69.6 Å². The number of hydrogen-bond acceptors (Lipinski definition) is 4. The number of rotatable bonds is 3.